The molecule has 1 aromatic heterocycles. The van der Waals surface area contributed by atoms with E-state index >= 15 is 0 Å². The van der Waals surface area contributed by atoms with Crippen molar-refractivity contribution in [3.63, 3.8) is 0 Å². The lowest BCUT2D eigenvalue weighted by Gasteiger charge is -1.94. The van der Waals surface area contributed by atoms with Gasteiger partial charge in [0.05, 0.1) is 5.56 Å². The van der Waals surface area contributed by atoms with Crippen molar-refractivity contribution in [1.29, 1.82) is 0 Å². The Hall–Kier alpha value is -1.13. The number of aromatic nitrogens is 1. The molecule has 0 aliphatic carbocycles. The molecule has 0 saturated carbocycles. The zero-order chi connectivity index (χ0) is 11.0. The number of hydrogen-bond donors (Lipinski definition) is 1. The number of hydrogen-bond acceptors (Lipinski definition) is 2. The second kappa shape index (κ2) is 3.79. The van der Waals surface area contributed by atoms with Crippen LogP contribution >= 0.6 is 27.5 Å². The first-order valence-corrected chi connectivity index (χ1v) is 5.27. The molecule has 0 radical (unpaired) electrons. The van der Waals surface area contributed by atoms with Gasteiger partial charge in [-0.3, -0.25) is 9.59 Å². The average Bonchev–Trinajstić information content (AvgIpc) is 2.59. The minimum Gasteiger partial charge on any atom is -0.360 e. The summed E-state index contributed by atoms with van der Waals surface area (Å²) >= 11 is 8.44. The van der Waals surface area contributed by atoms with Crippen molar-refractivity contribution >= 4 is 49.5 Å². The molecule has 0 spiro atoms. The Kier molecular flexibility index (Phi) is 2.63. The van der Waals surface area contributed by atoms with Crippen LogP contribution in [0.5, 0.6) is 0 Å². The highest BCUT2D eigenvalue weighted by atomic mass is 79.9. The SMILES string of the molecule is O=C(Cl)C(=O)c1c[nH]c2ccc(Br)cc12. The number of carbonyl (C=O) groups is 2. The molecule has 0 aliphatic rings. The van der Waals surface area contributed by atoms with Crippen LogP contribution < -0.4 is 0 Å². The van der Waals surface area contributed by atoms with Crippen LogP contribution in [0.4, 0.5) is 0 Å². The molecule has 76 valence electrons. The van der Waals surface area contributed by atoms with Gasteiger partial charge in [0.15, 0.2) is 0 Å². The molecule has 1 N–H and O–H groups in total. The quantitative estimate of drug-likeness (QED) is 0.524. The van der Waals surface area contributed by atoms with E-state index < -0.39 is 11.0 Å². The highest BCUT2D eigenvalue weighted by molar-refractivity contribution is 9.10. The third-order valence-electron chi connectivity index (χ3n) is 2.07. The summed E-state index contributed by atoms with van der Waals surface area (Å²) in [7, 11) is 0. The first kappa shape index (κ1) is 10.4. The van der Waals surface area contributed by atoms with E-state index in [0.29, 0.717) is 10.9 Å². The number of H-pyrrole nitrogens is 1. The van der Waals surface area contributed by atoms with Gasteiger partial charge in [-0.25, -0.2) is 0 Å². The first-order valence-electron chi connectivity index (χ1n) is 4.10. The van der Waals surface area contributed by atoms with Crippen LogP contribution in [0.2, 0.25) is 0 Å². The van der Waals surface area contributed by atoms with Gasteiger partial charge >= 0.3 is 0 Å². The van der Waals surface area contributed by atoms with Gasteiger partial charge in [-0.15, -0.1) is 0 Å². The molecule has 0 saturated heterocycles. The van der Waals surface area contributed by atoms with Crippen molar-refractivity contribution in [2.45, 2.75) is 0 Å². The van der Waals surface area contributed by atoms with Crippen molar-refractivity contribution < 1.29 is 9.59 Å². The number of rotatable bonds is 2. The van der Waals surface area contributed by atoms with E-state index in [1.54, 1.807) is 6.07 Å². The fourth-order valence-electron chi connectivity index (χ4n) is 1.39. The highest BCUT2D eigenvalue weighted by Crippen LogP contribution is 2.23. The molecule has 15 heavy (non-hydrogen) atoms. The van der Waals surface area contributed by atoms with Crippen molar-refractivity contribution in [3.8, 4) is 0 Å². The number of benzene rings is 1. The van der Waals surface area contributed by atoms with Gasteiger partial charge in [-0.1, -0.05) is 15.9 Å². The van der Waals surface area contributed by atoms with Gasteiger partial charge in [0.1, 0.15) is 0 Å². The fraction of sp³-hybridized carbons (Fsp3) is 0. The molecule has 0 bridgehead atoms. The van der Waals surface area contributed by atoms with Gasteiger partial charge in [0, 0.05) is 21.6 Å². The van der Waals surface area contributed by atoms with E-state index in [1.807, 2.05) is 12.1 Å². The Bertz CT molecular complexity index is 562. The molecule has 1 aromatic carbocycles. The first-order chi connectivity index (χ1) is 7.09. The topological polar surface area (TPSA) is 49.9 Å². The molecule has 0 atom stereocenters. The van der Waals surface area contributed by atoms with Crippen molar-refractivity contribution in [3.05, 3.63) is 34.4 Å². The summed E-state index contributed by atoms with van der Waals surface area (Å²) in [5, 5.41) is -0.292. The Balaban J connectivity index is 2.67. The summed E-state index contributed by atoms with van der Waals surface area (Å²) in [5.41, 5.74) is 1.09. The number of aromatic amines is 1. The number of carbonyl (C=O) groups excluding carboxylic acids is 2. The molecule has 3 nitrogen and oxygen atoms in total. The third kappa shape index (κ3) is 1.82. The maximum Gasteiger partial charge on any atom is 0.293 e. The number of nitrogens with one attached hydrogen (secondary N) is 1. The number of Topliss-reactive ketones (excluding diaryl/α,β-unsaturated/α-hetero) is 1. The summed E-state index contributed by atoms with van der Waals surface area (Å²) in [6.07, 6.45) is 1.49. The largest absolute Gasteiger partial charge is 0.360 e. The smallest absolute Gasteiger partial charge is 0.293 e. The maximum absolute atomic E-state index is 11.4. The van der Waals surface area contributed by atoms with E-state index in [0.717, 1.165) is 9.99 Å². The monoisotopic (exact) mass is 285 g/mol. The standard InChI is InChI=1S/C10H5BrClNO2/c11-5-1-2-8-6(3-5)7(4-13-8)9(14)10(12)15/h1-4,13H. The molecule has 0 aliphatic heterocycles. The predicted octanol–water partition coefficient (Wildman–Crippen LogP) is 2.88. The van der Waals surface area contributed by atoms with Crippen LogP contribution in [0.25, 0.3) is 10.9 Å². The summed E-state index contributed by atoms with van der Waals surface area (Å²) < 4.78 is 0.839. The molecule has 2 aromatic rings. The Morgan fingerprint density at radius 3 is 2.73 bits per heavy atom. The fourth-order valence-corrected chi connectivity index (χ4v) is 1.85. The highest BCUT2D eigenvalue weighted by Gasteiger charge is 2.17. The van der Waals surface area contributed by atoms with E-state index in [4.69, 9.17) is 11.6 Å². The third-order valence-corrected chi connectivity index (χ3v) is 2.73. The minimum absolute atomic E-state index is 0.298. The van der Waals surface area contributed by atoms with Gasteiger partial charge in [0.25, 0.3) is 5.24 Å². The minimum atomic E-state index is -0.976. The van der Waals surface area contributed by atoms with E-state index in [2.05, 4.69) is 20.9 Å². The number of ketones is 1. The summed E-state index contributed by atoms with van der Waals surface area (Å²) in [4.78, 5) is 25.1. The van der Waals surface area contributed by atoms with Crippen molar-refractivity contribution in [1.82, 2.24) is 4.98 Å². The van der Waals surface area contributed by atoms with Crippen molar-refractivity contribution in [2.24, 2.45) is 0 Å². The van der Waals surface area contributed by atoms with E-state index in [9.17, 15) is 9.59 Å². The van der Waals surface area contributed by atoms with E-state index in [-0.39, 0.29) is 0 Å². The van der Waals surface area contributed by atoms with Crippen molar-refractivity contribution in [2.75, 3.05) is 0 Å². The molecular formula is C10H5BrClNO2. The summed E-state index contributed by atoms with van der Waals surface area (Å²) in [5.74, 6) is -0.694. The Morgan fingerprint density at radius 1 is 1.33 bits per heavy atom. The number of fused-ring (bicyclic) bond motifs is 1. The second-order valence-electron chi connectivity index (χ2n) is 3.00. The number of halogens is 2. The molecule has 0 amide bonds. The van der Waals surface area contributed by atoms with Gasteiger partial charge in [-0.2, -0.15) is 0 Å². The lowest BCUT2D eigenvalue weighted by atomic mass is 10.1. The Morgan fingerprint density at radius 2 is 2.07 bits per heavy atom. The normalized spacial score (nSPS) is 10.5. The maximum atomic E-state index is 11.4. The molecule has 0 fully saturated rings. The molecule has 0 unspecified atom stereocenters. The lowest BCUT2D eigenvalue weighted by Crippen LogP contribution is -2.06. The van der Waals surface area contributed by atoms with Gasteiger partial charge in [-0.05, 0) is 29.8 Å². The van der Waals surface area contributed by atoms with Crippen LogP contribution in [-0.2, 0) is 4.79 Å². The van der Waals surface area contributed by atoms with Crippen LogP contribution in [0.1, 0.15) is 10.4 Å². The Labute approximate surface area is 98.5 Å². The zero-order valence-electron chi connectivity index (χ0n) is 7.38. The van der Waals surface area contributed by atoms with Gasteiger partial charge < -0.3 is 4.98 Å². The summed E-state index contributed by atoms with van der Waals surface area (Å²) in [6, 6.07) is 5.42. The summed E-state index contributed by atoms with van der Waals surface area (Å²) in [6.45, 7) is 0. The van der Waals surface area contributed by atoms with Crippen LogP contribution in [0.15, 0.2) is 28.9 Å². The molecule has 1 heterocycles. The van der Waals surface area contributed by atoms with Crippen LogP contribution in [0, 0.1) is 0 Å². The predicted molar refractivity (Wildman–Crippen MR) is 61.2 cm³/mol. The molecular weight excluding hydrogens is 281 g/mol. The zero-order valence-corrected chi connectivity index (χ0v) is 9.72. The van der Waals surface area contributed by atoms with Crippen LogP contribution in [-0.4, -0.2) is 16.0 Å². The van der Waals surface area contributed by atoms with E-state index in [1.165, 1.54) is 6.20 Å². The average molecular weight is 287 g/mol. The van der Waals surface area contributed by atoms with Gasteiger partial charge in [0.2, 0.25) is 5.78 Å². The second-order valence-corrected chi connectivity index (χ2v) is 4.25. The molecule has 5 heteroatoms. The lowest BCUT2D eigenvalue weighted by molar-refractivity contribution is -0.108. The van der Waals surface area contributed by atoms with Crippen LogP contribution in [0.3, 0.4) is 0 Å². The molecule has 2 rings (SSSR count).